The third-order valence-corrected chi connectivity index (χ3v) is 7.86. The molecule has 0 bridgehead atoms. The van der Waals surface area contributed by atoms with Crippen LogP contribution < -0.4 is 11.1 Å². The normalized spacial score (nSPS) is 11.4. The van der Waals surface area contributed by atoms with Crippen LogP contribution in [-0.2, 0) is 13.1 Å². The van der Waals surface area contributed by atoms with Crippen LogP contribution in [0.3, 0.4) is 0 Å². The fourth-order valence-corrected chi connectivity index (χ4v) is 6.14. The molecule has 0 fully saturated rings. The maximum absolute atomic E-state index is 13.3. The van der Waals surface area contributed by atoms with Gasteiger partial charge in [0.25, 0.3) is 11.1 Å². The van der Waals surface area contributed by atoms with Crippen molar-refractivity contribution in [1.29, 1.82) is 0 Å². The Hall–Kier alpha value is -3.88. The van der Waals surface area contributed by atoms with Crippen LogP contribution in [0.25, 0.3) is 42.7 Å². The van der Waals surface area contributed by atoms with Crippen molar-refractivity contribution >= 4 is 43.1 Å². The molecular formula is C27H20N4O2S2. The van der Waals surface area contributed by atoms with Crippen molar-refractivity contribution in [2.24, 2.45) is 0 Å². The molecule has 0 saturated heterocycles. The average Bonchev–Trinajstić information content (AvgIpc) is 3.53. The van der Waals surface area contributed by atoms with Gasteiger partial charge in [0.2, 0.25) is 0 Å². The van der Waals surface area contributed by atoms with Gasteiger partial charge in [0.15, 0.2) is 0 Å². The summed E-state index contributed by atoms with van der Waals surface area (Å²) in [5.41, 5.74) is 3.72. The number of aromatic nitrogens is 4. The van der Waals surface area contributed by atoms with E-state index in [0.717, 1.165) is 31.9 Å². The second kappa shape index (κ2) is 9.05. The topological polar surface area (TPSA) is 69.8 Å². The summed E-state index contributed by atoms with van der Waals surface area (Å²) in [6, 6.07) is 19.8. The highest BCUT2D eigenvalue weighted by molar-refractivity contribution is 7.17. The zero-order valence-electron chi connectivity index (χ0n) is 18.6. The quantitative estimate of drug-likeness (QED) is 0.299. The summed E-state index contributed by atoms with van der Waals surface area (Å²) in [5, 5.41) is 5.28. The molecule has 0 spiro atoms. The van der Waals surface area contributed by atoms with Gasteiger partial charge in [-0.1, -0.05) is 60.7 Å². The maximum atomic E-state index is 13.3. The fraction of sp³-hybridized carbons (Fsp3) is 0.111. The van der Waals surface area contributed by atoms with Crippen LogP contribution in [0.1, 0.15) is 6.42 Å². The minimum atomic E-state index is -0.0553. The first-order valence-electron chi connectivity index (χ1n) is 11.2. The van der Waals surface area contributed by atoms with Crippen molar-refractivity contribution in [1.82, 2.24) is 19.1 Å². The molecule has 0 saturated carbocycles. The van der Waals surface area contributed by atoms with Gasteiger partial charge in [0.1, 0.15) is 9.66 Å². The number of thiophene rings is 2. The molecule has 0 aliphatic heterocycles. The van der Waals surface area contributed by atoms with Gasteiger partial charge in [-0.3, -0.25) is 18.7 Å². The Morgan fingerprint density at radius 2 is 1.06 bits per heavy atom. The van der Waals surface area contributed by atoms with Gasteiger partial charge < -0.3 is 0 Å². The van der Waals surface area contributed by atoms with Gasteiger partial charge in [-0.15, -0.1) is 22.7 Å². The molecule has 6 rings (SSSR count). The molecule has 0 unspecified atom stereocenters. The Morgan fingerprint density at radius 3 is 1.49 bits per heavy atom. The lowest BCUT2D eigenvalue weighted by Crippen LogP contribution is -2.24. The first-order chi connectivity index (χ1) is 17.2. The largest absolute Gasteiger partial charge is 0.299 e. The number of hydrogen-bond acceptors (Lipinski definition) is 6. The van der Waals surface area contributed by atoms with Crippen LogP contribution >= 0.6 is 22.7 Å². The molecule has 0 atom stereocenters. The van der Waals surface area contributed by atoms with Crippen molar-refractivity contribution in [2.75, 3.05) is 0 Å². The number of hydrogen-bond donors (Lipinski definition) is 0. The van der Waals surface area contributed by atoms with Crippen LogP contribution in [-0.4, -0.2) is 19.1 Å². The van der Waals surface area contributed by atoms with Gasteiger partial charge >= 0.3 is 0 Å². The molecular weight excluding hydrogens is 476 g/mol. The standard InChI is InChI=1S/C27H20N4O2S2/c32-26-22-20(18-8-3-1-4-9-18)14-34-24(22)28-16-30(26)12-7-13-31-17-29-25-23(27(31)33)21(15-35-25)19-10-5-2-6-11-19/h1-6,8-11,14-17H,7,12-13H2. The zero-order chi connectivity index (χ0) is 23.8. The van der Waals surface area contributed by atoms with Crippen LogP contribution in [0.5, 0.6) is 0 Å². The van der Waals surface area contributed by atoms with E-state index < -0.39 is 0 Å². The van der Waals surface area contributed by atoms with E-state index in [1.165, 1.54) is 22.7 Å². The van der Waals surface area contributed by atoms with Gasteiger partial charge in [-0.05, 0) is 17.5 Å². The predicted molar refractivity (Wildman–Crippen MR) is 143 cm³/mol. The lowest BCUT2D eigenvalue weighted by atomic mass is 10.1. The molecule has 35 heavy (non-hydrogen) atoms. The molecule has 0 N–H and O–H groups in total. The predicted octanol–water partition coefficient (Wildman–Crippen LogP) is 5.65. The van der Waals surface area contributed by atoms with Crippen molar-refractivity contribution < 1.29 is 0 Å². The second-order valence-corrected chi connectivity index (χ2v) is 9.95. The summed E-state index contributed by atoms with van der Waals surface area (Å²) in [4.78, 5) is 37.1. The highest BCUT2D eigenvalue weighted by atomic mass is 32.1. The summed E-state index contributed by atoms with van der Waals surface area (Å²) in [6.45, 7) is 0.928. The SMILES string of the molecule is O=c1c2c(-c3ccccc3)csc2ncn1CCCn1cnc2scc(-c3ccccc3)c2c1=O. The third kappa shape index (κ3) is 3.90. The third-order valence-electron chi connectivity index (χ3n) is 6.09. The highest BCUT2D eigenvalue weighted by Gasteiger charge is 2.15. The number of benzene rings is 2. The summed E-state index contributed by atoms with van der Waals surface area (Å²) < 4.78 is 3.27. The van der Waals surface area contributed by atoms with E-state index in [9.17, 15) is 9.59 Å². The van der Waals surface area contributed by atoms with Crippen LogP contribution in [0, 0.1) is 0 Å². The Bertz CT molecular complexity index is 1630. The molecule has 2 aromatic carbocycles. The van der Waals surface area contributed by atoms with Gasteiger partial charge in [-0.2, -0.15) is 0 Å². The smallest absolute Gasteiger partial charge is 0.262 e. The van der Waals surface area contributed by atoms with E-state index in [-0.39, 0.29) is 11.1 Å². The Morgan fingerprint density at radius 1 is 0.629 bits per heavy atom. The molecule has 6 nitrogen and oxygen atoms in total. The van der Waals surface area contributed by atoms with Crippen LogP contribution in [0.15, 0.2) is 93.7 Å². The molecule has 0 amide bonds. The van der Waals surface area contributed by atoms with Crippen molar-refractivity contribution in [2.45, 2.75) is 19.5 Å². The van der Waals surface area contributed by atoms with E-state index >= 15 is 0 Å². The lowest BCUT2D eigenvalue weighted by molar-refractivity contribution is 0.539. The van der Waals surface area contributed by atoms with E-state index in [2.05, 4.69) is 9.97 Å². The first-order valence-corrected chi connectivity index (χ1v) is 13.0. The molecule has 4 heterocycles. The summed E-state index contributed by atoms with van der Waals surface area (Å²) in [7, 11) is 0. The molecule has 4 aromatic heterocycles. The molecule has 8 heteroatoms. The van der Waals surface area contributed by atoms with Gasteiger partial charge in [-0.25, -0.2) is 9.97 Å². The van der Waals surface area contributed by atoms with Crippen molar-refractivity contribution in [3.8, 4) is 22.3 Å². The highest BCUT2D eigenvalue weighted by Crippen LogP contribution is 2.31. The average molecular weight is 497 g/mol. The molecule has 0 aliphatic rings. The van der Waals surface area contributed by atoms with Crippen molar-refractivity contribution in [3.63, 3.8) is 0 Å². The molecule has 172 valence electrons. The minimum absolute atomic E-state index is 0.0553. The minimum Gasteiger partial charge on any atom is -0.299 e. The van der Waals surface area contributed by atoms with E-state index in [0.29, 0.717) is 30.3 Å². The Labute approximate surface area is 208 Å². The van der Waals surface area contributed by atoms with Crippen LogP contribution in [0.2, 0.25) is 0 Å². The van der Waals surface area contributed by atoms with E-state index in [1.54, 1.807) is 21.8 Å². The summed E-state index contributed by atoms with van der Waals surface area (Å²) in [5.74, 6) is 0. The van der Waals surface area contributed by atoms with Gasteiger partial charge in [0, 0.05) is 35.0 Å². The van der Waals surface area contributed by atoms with Crippen molar-refractivity contribution in [3.05, 3.63) is 105 Å². The van der Waals surface area contributed by atoms with Crippen LogP contribution in [0.4, 0.5) is 0 Å². The first kappa shape index (κ1) is 21.6. The summed E-state index contributed by atoms with van der Waals surface area (Å²) in [6.07, 6.45) is 3.81. The Balaban J connectivity index is 1.28. The van der Waals surface area contributed by atoms with Gasteiger partial charge in [0.05, 0.1) is 23.4 Å². The van der Waals surface area contributed by atoms with E-state index in [1.807, 2.05) is 71.4 Å². The summed E-state index contributed by atoms with van der Waals surface area (Å²) >= 11 is 2.96. The molecule has 6 aromatic rings. The number of fused-ring (bicyclic) bond motifs is 2. The fourth-order valence-electron chi connectivity index (χ4n) is 4.33. The molecule has 0 radical (unpaired) electrons. The monoisotopic (exact) mass is 496 g/mol. The number of rotatable bonds is 6. The zero-order valence-corrected chi connectivity index (χ0v) is 20.3. The molecule has 0 aliphatic carbocycles. The second-order valence-electron chi connectivity index (χ2n) is 8.23. The van der Waals surface area contributed by atoms with E-state index in [4.69, 9.17) is 0 Å². The number of nitrogens with zero attached hydrogens (tertiary/aromatic N) is 4. The Kier molecular flexibility index (Phi) is 5.60. The lowest BCUT2D eigenvalue weighted by Gasteiger charge is -2.08. The number of aryl methyl sites for hydroxylation is 2. The maximum Gasteiger partial charge on any atom is 0.262 e.